The first-order valence-electron chi connectivity index (χ1n) is 3.58. The average molecular weight is 196 g/mol. The van der Waals surface area contributed by atoms with E-state index in [1.54, 1.807) is 18.2 Å². The monoisotopic (exact) mass is 196 g/mol. The van der Waals surface area contributed by atoms with E-state index < -0.39 is 6.09 Å². The van der Waals surface area contributed by atoms with Crippen LogP contribution in [0, 0.1) is 0 Å². The van der Waals surface area contributed by atoms with Crippen molar-refractivity contribution in [3.8, 4) is 5.75 Å². The number of fused-ring (bicyclic) bond motifs is 1. The van der Waals surface area contributed by atoms with Gasteiger partial charge in [0.25, 0.3) is 0 Å². The molecule has 1 aromatic carbocycles. The molecule has 2 rings (SSSR count). The van der Waals surface area contributed by atoms with Gasteiger partial charge in [-0.15, -0.1) is 5.10 Å². The van der Waals surface area contributed by atoms with Crippen LogP contribution in [0.1, 0.15) is 0 Å². The maximum Gasteiger partial charge on any atom is 0.402 e. The molecule has 0 bridgehead atoms. The summed E-state index contributed by atoms with van der Waals surface area (Å²) in [5, 5.41) is 26.2. The second-order valence-corrected chi connectivity index (χ2v) is 2.32. The Kier molecular flexibility index (Phi) is 2.85. The van der Waals surface area contributed by atoms with Crippen molar-refractivity contribution in [2.45, 2.75) is 0 Å². The Bertz CT molecular complexity index is 435. The zero-order valence-electron chi connectivity index (χ0n) is 7.01. The maximum atomic E-state index is 9.14. The van der Waals surface area contributed by atoms with Crippen LogP contribution in [-0.2, 0) is 0 Å². The van der Waals surface area contributed by atoms with Gasteiger partial charge in [-0.2, -0.15) is 0 Å². The summed E-state index contributed by atoms with van der Waals surface area (Å²) in [5.41, 5.74) is 5.29. The molecule has 14 heavy (non-hydrogen) atoms. The topological polar surface area (TPSA) is 125 Å². The highest BCUT2D eigenvalue weighted by atomic mass is 16.4. The average Bonchev–Trinajstić information content (AvgIpc) is 2.52. The molecular formula is C7H8N4O3. The molecule has 7 nitrogen and oxygen atoms in total. The predicted molar refractivity (Wildman–Crippen MR) is 47.8 cm³/mol. The Balaban J connectivity index is 0.000000213. The minimum atomic E-state index is -1.33. The summed E-state index contributed by atoms with van der Waals surface area (Å²) in [6, 6.07) is 5.11. The third kappa shape index (κ3) is 2.34. The summed E-state index contributed by atoms with van der Waals surface area (Å²) in [6.07, 6.45) is -1.33. The van der Waals surface area contributed by atoms with Gasteiger partial charge in [0.15, 0.2) is 5.52 Å². The Labute approximate surface area is 78.2 Å². The van der Waals surface area contributed by atoms with Gasteiger partial charge < -0.3 is 15.9 Å². The third-order valence-corrected chi connectivity index (χ3v) is 1.34. The highest BCUT2D eigenvalue weighted by molar-refractivity contribution is 5.79. The Morgan fingerprint density at radius 1 is 1.50 bits per heavy atom. The fourth-order valence-electron chi connectivity index (χ4n) is 0.856. The molecule has 1 aromatic heterocycles. The van der Waals surface area contributed by atoms with E-state index in [-0.39, 0.29) is 5.75 Å². The highest BCUT2D eigenvalue weighted by Gasteiger charge is 1.99. The number of phenolic OH excluding ortho intramolecular Hbond substituents is 1. The maximum absolute atomic E-state index is 9.14. The minimum absolute atomic E-state index is 0.159. The molecule has 0 spiro atoms. The van der Waals surface area contributed by atoms with Crippen LogP contribution >= 0.6 is 0 Å². The van der Waals surface area contributed by atoms with Crippen LogP contribution in [0.4, 0.5) is 4.79 Å². The number of amides is 1. The van der Waals surface area contributed by atoms with Gasteiger partial charge >= 0.3 is 6.09 Å². The lowest BCUT2D eigenvalue weighted by atomic mass is 10.3. The molecule has 0 aliphatic heterocycles. The first kappa shape index (κ1) is 9.78. The van der Waals surface area contributed by atoms with E-state index in [1.807, 2.05) is 0 Å². The molecule has 0 atom stereocenters. The number of nitrogens with one attached hydrogen (secondary N) is 1. The van der Waals surface area contributed by atoms with Crippen molar-refractivity contribution in [2.24, 2.45) is 5.73 Å². The van der Waals surface area contributed by atoms with E-state index in [9.17, 15) is 0 Å². The number of hydrogen-bond donors (Lipinski definition) is 4. The summed E-state index contributed by atoms with van der Waals surface area (Å²) >= 11 is 0. The molecule has 0 aliphatic rings. The van der Waals surface area contributed by atoms with Crippen LogP contribution in [-0.4, -0.2) is 31.7 Å². The van der Waals surface area contributed by atoms with Crippen LogP contribution < -0.4 is 5.73 Å². The van der Waals surface area contributed by atoms with Gasteiger partial charge in [-0.1, -0.05) is 11.3 Å². The Morgan fingerprint density at radius 2 is 2.14 bits per heavy atom. The summed E-state index contributed by atoms with van der Waals surface area (Å²) in [5.74, 6) is 0.159. The summed E-state index contributed by atoms with van der Waals surface area (Å²) in [7, 11) is 0. The van der Waals surface area contributed by atoms with Gasteiger partial charge in [-0.3, -0.25) is 5.10 Å². The molecule has 1 amide bonds. The largest absolute Gasteiger partial charge is 0.506 e. The van der Waals surface area contributed by atoms with Crippen LogP contribution in [0.25, 0.3) is 11.0 Å². The molecule has 0 radical (unpaired) electrons. The lowest BCUT2D eigenvalue weighted by Crippen LogP contribution is -2.03. The predicted octanol–water partition coefficient (Wildman–Crippen LogP) is 0.287. The number of nitrogens with zero attached hydrogens (tertiary/aromatic N) is 2. The molecule has 1 heterocycles. The summed E-state index contributed by atoms with van der Waals surface area (Å²) in [4.78, 5) is 8.78. The van der Waals surface area contributed by atoms with Crippen LogP contribution in [0.2, 0.25) is 0 Å². The van der Waals surface area contributed by atoms with Gasteiger partial charge in [-0.05, 0) is 12.1 Å². The fraction of sp³-hybridized carbons (Fsp3) is 0. The number of aromatic amines is 1. The molecule has 7 heteroatoms. The molecule has 0 aliphatic carbocycles. The van der Waals surface area contributed by atoms with E-state index >= 15 is 0 Å². The number of benzene rings is 1. The van der Waals surface area contributed by atoms with Crippen molar-refractivity contribution in [2.75, 3.05) is 0 Å². The molecule has 74 valence electrons. The van der Waals surface area contributed by atoms with Gasteiger partial charge in [0.1, 0.15) is 5.75 Å². The molecule has 0 saturated carbocycles. The number of phenols is 1. The zero-order chi connectivity index (χ0) is 10.6. The first-order valence-corrected chi connectivity index (χ1v) is 3.58. The van der Waals surface area contributed by atoms with E-state index in [2.05, 4.69) is 21.1 Å². The molecule has 5 N–H and O–H groups in total. The molecule has 0 fully saturated rings. The first-order chi connectivity index (χ1) is 6.61. The number of hydrogen-bond acceptors (Lipinski definition) is 4. The van der Waals surface area contributed by atoms with Crippen LogP contribution in [0.15, 0.2) is 18.2 Å². The normalized spacial score (nSPS) is 9.14. The van der Waals surface area contributed by atoms with Crippen molar-refractivity contribution < 1.29 is 15.0 Å². The second kappa shape index (κ2) is 4.08. The number of aromatic nitrogens is 3. The third-order valence-electron chi connectivity index (χ3n) is 1.34. The van der Waals surface area contributed by atoms with Crippen molar-refractivity contribution in [3.05, 3.63) is 18.2 Å². The van der Waals surface area contributed by atoms with Crippen molar-refractivity contribution in [1.82, 2.24) is 15.4 Å². The van der Waals surface area contributed by atoms with Crippen molar-refractivity contribution >= 4 is 17.1 Å². The fourth-order valence-corrected chi connectivity index (χ4v) is 0.856. The van der Waals surface area contributed by atoms with Crippen LogP contribution in [0.5, 0.6) is 5.75 Å². The zero-order valence-corrected chi connectivity index (χ0v) is 7.01. The molecule has 0 saturated heterocycles. The van der Waals surface area contributed by atoms with Crippen molar-refractivity contribution in [3.63, 3.8) is 0 Å². The number of H-pyrrole nitrogens is 1. The van der Waals surface area contributed by atoms with Gasteiger partial charge in [0.05, 0.1) is 5.52 Å². The van der Waals surface area contributed by atoms with Crippen LogP contribution in [0.3, 0.4) is 0 Å². The quantitative estimate of drug-likeness (QED) is 0.481. The number of rotatable bonds is 0. The van der Waals surface area contributed by atoms with E-state index in [1.165, 1.54) is 0 Å². The Morgan fingerprint density at radius 3 is 2.71 bits per heavy atom. The molecular weight excluding hydrogens is 188 g/mol. The van der Waals surface area contributed by atoms with E-state index in [0.717, 1.165) is 5.52 Å². The number of carboxylic acid groups (broad SMARTS) is 1. The smallest absolute Gasteiger partial charge is 0.402 e. The number of carbonyl (C=O) groups is 1. The van der Waals surface area contributed by atoms with Gasteiger partial charge in [0.2, 0.25) is 0 Å². The van der Waals surface area contributed by atoms with Gasteiger partial charge in [-0.25, -0.2) is 4.79 Å². The number of nitrogens with two attached hydrogens (primary N) is 1. The highest BCUT2D eigenvalue weighted by Crippen LogP contribution is 2.18. The lowest BCUT2D eigenvalue weighted by molar-refractivity contribution is 0.205. The number of aromatic hydroxyl groups is 1. The number of primary amides is 1. The molecule has 0 unspecified atom stereocenters. The minimum Gasteiger partial charge on any atom is -0.506 e. The lowest BCUT2D eigenvalue weighted by Gasteiger charge is -1.87. The van der Waals surface area contributed by atoms with Gasteiger partial charge in [0, 0.05) is 0 Å². The van der Waals surface area contributed by atoms with E-state index in [4.69, 9.17) is 15.0 Å². The second-order valence-electron chi connectivity index (χ2n) is 2.32. The van der Waals surface area contributed by atoms with E-state index in [0.29, 0.717) is 5.52 Å². The SMILES string of the molecule is NC(=O)O.Oc1cccc2[nH]nnc12. The Hall–Kier alpha value is -2.31. The van der Waals surface area contributed by atoms with Crippen molar-refractivity contribution in [1.29, 1.82) is 0 Å². The standard InChI is InChI=1S/C6H5N3O.CH3NO2/c10-5-3-1-2-4-6(5)8-9-7-4;2-1(3)4/h1-3,10H,(H,7,8,9);2H2,(H,3,4). The summed E-state index contributed by atoms with van der Waals surface area (Å²) < 4.78 is 0. The summed E-state index contributed by atoms with van der Waals surface area (Å²) in [6.45, 7) is 0. The molecule has 2 aromatic rings.